The molecule has 1 aliphatic carbocycles. The molecule has 1 aliphatic rings. The van der Waals surface area contributed by atoms with E-state index in [-0.39, 0.29) is 17.4 Å². The van der Waals surface area contributed by atoms with Crippen LogP contribution in [0.3, 0.4) is 0 Å². The van der Waals surface area contributed by atoms with Crippen molar-refractivity contribution in [2.24, 2.45) is 5.92 Å². The minimum atomic E-state index is -0.510. The molecule has 2 amide bonds. The number of para-hydroxylation sites is 2. The summed E-state index contributed by atoms with van der Waals surface area (Å²) in [5, 5.41) is 5.57. The van der Waals surface area contributed by atoms with Crippen LogP contribution in [0, 0.1) is 11.7 Å². The molecule has 0 spiro atoms. The van der Waals surface area contributed by atoms with E-state index in [2.05, 4.69) is 38.7 Å². The predicted molar refractivity (Wildman–Crippen MR) is 104 cm³/mol. The van der Waals surface area contributed by atoms with Gasteiger partial charge in [-0.1, -0.05) is 24.3 Å². The summed E-state index contributed by atoms with van der Waals surface area (Å²) < 4.78 is 13.9. The second-order valence-corrected chi connectivity index (χ2v) is 7.00. The number of benzene rings is 2. The van der Waals surface area contributed by atoms with Crippen LogP contribution in [0.1, 0.15) is 29.6 Å². The number of rotatable bonds is 5. The highest BCUT2D eigenvalue weighted by atomic mass is 79.9. The summed E-state index contributed by atoms with van der Waals surface area (Å²) in [5.74, 6) is -0.791. The Hall–Kier alpha value is -2.47. The van der Waals surface area contributed by atoms with Crippen LogP contribution < -0.4 is 10.6 Å². The van der Waals surface area contributed by atoms with Gasteiger partial charge in [-0.25, -0.2) is 4.39 Å². The van der Waals surface area contributed by atoms with Crippen LogP contribution in [0.15, 0.2) is 59.1 Å². The molecular formula is C20H18BrFN2O2. The highest BCUT2D eigenvalue weighted by Crippen LogP contribution is 2.25. The van der Waals surface area contributed by atoms with Crippen LogP contribution in [0.5, 0.6) is 0 Å². The largest absolute Gasteiger partial charge is 0.324 e. The van der Waals surface area contributed by atoms with E-state index in [0.717, 1.165) is 18.9 Å². The maximum absolute atomic E-state index is 13.6. The Kier molecular flexibility index (Phi) is 5.83. The summed E-state index contributed by atoms with van der Waals surface area (Å²) in [5.41, 5.74) is 1.18. The SMILES string of the molecule is O=C(CC1C=CCC1)Nc1ccccc1NC(=O)c1ccc(Br)c(F)c1. The zero-order valence-electron chi connectivity index (χ0n) is 14.0. The molecule has 2 aromatic carbocycles. The Morgan fingerprint density at radius 1 is 1.12 bits per heavy atom. The van der Waals surface area contributed by atoms with Gasteiger partial charge in [-0.2, -0.15) is 0 Å². The average Bonchev–Trinajstić information content (AvgIpc) is 3.11. The topological polar surface area (TPSA) is 58.2 Å². The van der Waals surface area contributed by atoms with Crippen molar-refractivity contribution in [3.63, 3.8) is 0 Å². The number of nitrogens with one attached hydrogen (secondary N) is 2. The molecule has 0 bridgehead atoms. The Morgan fingerprint density at radius 2 is 1.85 bits per heavy atom. The fourth-order valence-corrected chi connectivity index (χ4v) is 3.08. The first kappa shape index (κ1) is 18.3. The number of anilines is 2. The van der Waals surface area contributed by atoms with Crippen LogP contribution in [-0.4, -0.2) is 11.8 Å². The summed E-state index contributed by atoms with van der Waals surface area (Å²) in [6.45, 7) is 0. The van der Waals surface area contributed by atoms with Gasteiger partial charge in [-0.05, 0) is 65.0 Å². The van der Waals surface area contributed by atoms with E-state index in [9.17, 15) is 14.0 Å². The third-order valence-electron chi connectivity index (χ3n) is 4.19. The maximum Gasteiger partial charge on any atom is 0.255 e. The van der Waals surface area contributed by atoms with Gasteiger partial charge in [0, 0.05) is 12.0 Å². The number of carbonyl (C=O) groups excluding carboxylic acids is 2. The van der Waals surface area contributed by atoms with Gasteiger partial charge < -0.3 is 10.6 Å². The van der Waals surface area contributed by atoms with Crippen LogP contribution in [0.25, 0.3) is 0 Å². The lowest BCUT2D eigenvalue weighted by Crippen LogP contribution is -2.18. The lowest BCUT2D eigenvalue weighted by atomic mass is 10.0. The highest BCUT2D eigenvalue weighted by Gasteiger charge is 2.16. The quantitative estimate of drug-likeness (QED) is 0.663. The van der Waals surface area contributed by atoms with E-state index < -0.39 is 11.7 Å². The molecule has 3 rings (SSSR count). The standard InChI is InChI=1S/C20H18BrFN2O2/c21-15-10-9-14(12-16(15)22)20(26)24-18-8-4-3-7-17(18)23-19(25)11-13-5-1-2-6-13/h1,3-5,7-10,12-13H,2,6,11H2,(H,23,25)(H,24,26). The predicted octanol–water partition coefficient (Wildman–Crippen LogP) is 5.14. The molecule has 4 nitrogen and oxygen atoms in total. The number of halogens is 2. The van der Waals surface area contributed by atoms with E-state index in [1.807, 2.05) is 0 Å². The van der Waals surface area contributed by atoms with E-state index >= 15 is 0 Å². The number of carbonyl (C=O) groups is 2. The fourth-order valence-electron chi connectivity index (χ4n) is 2.84. The Bertz CT molecular complexity index is 867. The normalized spacial score (nSPS) is 15.7. The summed E-state index contributed by atoms with van der Waals surface area (Å²) in [6.07, 6.45) is 6.56. The van der Waals surface area contributed by atoms with E-state index in [4.69, 9.17) is 0 Å². The number of hydrogen-bond donors (Lipinski definition) is 2. The summed E-state index contributed by atoms with van der Waals surface area (Å²) >= 11 is 3.06. The Labute approximate surface area is 159 Å². The van der Waals surface area contributed by atoms with E-state index in [1.165, 1.54) is 12.1 Å². The molecule has 1 atom stereocenters. The van der Waals surface area contributed by atoms with Crippen molar-refractivity contribution in [1.82, 2.24) is 0 Å². The Morgan fingerprint density at radius 3 is 2.50 bits per heavy atom. The lowest BCUT2D eigenvalue weighted by molar-refractivity contribution is -0.116. The number of hydrogen-bond acceptors (Lipinski definition) is 2. The first-order valence-corrected chi connectivity index (χ1v) is 9.14. The van der Waals surface area contributed by atoms with E-state index in [0.29, 0.717) is 22.3 Å². The van der Waals surface area contributed by atoms with Crippen LogP contribution >= 0.6 is 15.9 Å². The van der Waals surface area contributed by atoms with E-state index in [1.54, 1.807) is 24.3 Å². The Balaban J connectivity index is 1.70. The monoisotopic (exact) mass is 416 g/mol. The molecule has 0 saturated heterocycles. The summed E-state index contributed by atoms with van der Waals surface area (Å²) in [6, 6.07) is 11.1. The van der Waals surface area contributed by atoms with Crippen molar-refractivity contribution in [1.29, 1.82) is 0 Å². The van der Waals surface area contributed by atoms with Gasteiger partial charge >= 0.3 is 0 Å². The fraction of sp³-hybridized carbons (Fsp3) is 0.200. The summed E-state index contributed by atoms with van der Waals surface area (Å²) in [7, 11) is 0. The van der Waals surface area contributed by atoms with Crippen molar-refractivity contribution in [2.75, 3.05) is 10.6 Å². The van der Waals surface area contributed by atoms with Gasteiger partial charge in [-0.3, -0.25) is 9.59 Å². The number of amides is 2. The molecule has 26 heavy (non-hydrogen) atoms. The zero-order chi connectivity index (χ0) is 18.5. The van der Waals surface area contributed by atoms with Crippen molar-refractivity contribution >= 4 is 39.1 Å². The molecule has 2 N–H and O–H groups in total. The van der Waals surface area contributed by atoms with Crippen molar-refractivity contribution in [2.45, 2.75) is 19.3 Å². The highest BCUT2D eigenvalue weighted by molar-refractivity contribution is 9.10. The first-order valence-electron chi connectivity index (χ1n) is 8.35. The smallest absolute Gasteiger partial charge is 0.255 e. The molecular weight excluding hydrogens is 399 g/mol. The van der Waals surface area contributed by atoms with Crippen LogP contribution in [-0.2, 0) is 4.79 Å². The van der Waals surface area contributed by atoms with Gasteiger partial charge in [0.15, 0.2) is 0 Å². The number of allylic oxidation sites excluding steroid dienone is 2. The average molecular weight is 417 g/mol. The molecule has 6 heteroatoms. The molecule has 0 aromatic heterocycles. The molecule has 0 radical (unpaired) electrons. The lowest BCUT2D eigenvalue weighted by Gasteiger charge is -2.13. The van der Waals surface area contributed by atoms with Crippen LogP contribution in [0.2, 0.25) is 0 Å². The third-order valence-corrected chi connectivity index (χ3v) is 4.83. The molecule has 0 fully saturated rings. The molecule has 2 aromatic rings. The zero-order valence-corrected chi connectivity index (χ0v) is 15.6. The molecule has 134 valence electrons. The minimum absolute atomic E-state index is 0.0991. The third kappa shape index (κ3) is 4.58. The molecule has 0 heterocycles. The maximum atomic E-state index is 13.6. The second-order valence-electron chi connectivity index (χ2n) is 6.15. The van der Waals surface area contributed by atoms with Gasteiger partial charge in [0.25, 0.3) is 5.91 Å². The van der Waals surface area contributed by atoms with Crippen molar-refractivity contribution in [3.8, 4) is 0 Å². The van der Waals surface area contributed by atoms with Gasteiger partial charge in [0.1, 0.15) is 5.82 Å². The molecule has 0 aliphatic heterocycles. The molecule has 0 saturated carbocycles. The molecule has 1 unspecified atom stereocenters. The van der Waals surface area contributed by atoms with Gasteiger partial charge in [0.2, 0.25) is 5.91 Å². The van der Waals surface area contributed by atoms with Crippen LogP contribution in [0.4, 0.5) is 15.8 Å². The van der Waals surface area contributed by atoms with Gasteiger partial charge in [0.05, 0.1) is 15.8 Å². The first-order chi connectivity index (χ1) is 12.5. The van der Waals surface area contributed by atoms with Crippen molar-refractivity contribution in [3.05, 3.63) is 70.5 Å². The summed E-state index contributed by atoms with van der Waals surface area (Å²) in [4.78, 5) is 24.6. The minimum Gasteiger partial charge on any atom is -0.324 e. The van der Waals surface area contributed by atoms with Gasteiger partial charge in [-0.15, -0.1) is 0 Å². The second kappa shape index (κ2) is 8.27. The van der Waals surface area contributed by atoms with Crippen molar-refractivity contribution < 1.29 is 14.0 Å².